The summed E-state index contributed by atoms with van der Waals surface area (Å²) in [7, 11) is 0. The van der Waals surface area contributed by atoms with Crippen molar-refractivity contribution in [2.24, 2.45) is 23.2 Å². The largest absolute Gasteiger partial charge is 0.508 e. The molecule has 0 aliphatic heterocycles. The summed E-state index contributed by atoms with van der Waals surface area (Å²) in [5, 5.41) is 29.8. The van der Waals surface area contributed by atoms with Crippen molar-refractivity contribution in [2.75, 3.05) is 0 Å². The Morgan fingerprint density at radius 3 is 2.83 bits per heavy atom. The van der Waals surface area contributed by atoms with Crippen molar-refractivity contribution < 1.29 is 20.1 Å². The zero-order valence-corrected chi connectivity index (χ0v) is 13.4. The van der Waals surface area contributed by atoms with Gasteiger partial charge in [-0.1, -0.05) is 13.0 Å². The van der Waals surface area contributed by atoms with E-state index in [0.29, 0.717) is 24.0 Å². The third-order valence-corrected chi connectivity index (χ3v) is 7.03. The van der Waals surface area contributed by atoms with Crippen molar-refractivity contribution in [3.8, 4) is 5.75 Å². The second kappa shape index (κ2) is 4.97. The van der Waals surface area contributed by atoms with E-state index in [4.69, 9.17) is 0 Å². The van der Waals surface area contributed by atoms with Crippen LogP contribution in [0.15, 0.2) is 18.2 Å². The van der Waals surface area contributed by atoms with Crippen LogP contribution in [0.4, 0.5) is 0 Å². The smallest absolute Gasteiger partial charge is 0.309 e. The number of fused-ring (bicyclic) bond motifs is 5. The lowest BCUT2D eigenvalue weighted by molar-refractivity contribution is -0.146. The molecule has 4 nitrogen and oxygen atoms in total. The normalized spacial score (nSPS) is 41.7. The van der Waals surface area contributed by atoms with Crippen LogP contribution in [0, 0.1) is 23.2 Å². The van der Waals surface area contributed by atoms with Gasteiger partial charge < -0.3 is 15.3 Å². The molecule has 124 valence electrons. The summed E-state index contributed by atoms with van der Waals surface area (Å²) < 4.78 is 0. The molecule has 0 bridgehead atoms. The summed E-state index contributed by atoms with van der Waals surface area (Å²) in [6, 6.07) is 5.69. The minimum Gasteiger partial charge on any atom is -0.508 e. The first-order valence-electron chi connectivity index (χ1n) is 8.64. The molecule has 0 heterocycles. The first kappa shape index (κ1) is 15.0. The molecule has 2 fully saturated rings. The number of carbonyl (C=O) groups is 1. The van der Waals surface area contributed by atoms with Gasteiger partial charge in [-0.3, -0.25) is 4.79 Å². The summed E-state index contributed by atoms with van der Waals surface area (Å²) in [6.07, 6.45) is 3.71. The second-order valence-electron chi connectivity index (χ2n) is 7.97. The van der Waals surface area contributed by atoms with Crippen molar-refractivity contribution in [2.45, 2.75) is 51.0 Å². The van der Waals surface area contributed by atoms with Crippen LogP contribution >= 0.6 is 0 Å². The highest BCUT2D eigenvalue weighted by Gasteiger charge is 2.59. The summed E-state index contributed by atoms with van der Waals surface area (Å²) >= 11 is 0. The predicted octanol–water partition coefficient (Wildman–Crippen LogP) is 2.92. The van der Waals surface area contributed by atoms with Gasteiger partial charge in [0.05, 0.1) is 12.0 Å². The van der Waals surface area contributed by atoms with E-state index in [1.807, 2.05) is 12.1 Å². The molecule has 3 aliphatic carbocycles. The molecule has 0 spiro atoms. The number of aliphatic hydroxyl groups is 1. The molecule has 1 aromatic carbocycles. The molecule has 4 rings (SSSR count). The van der Waals surface area contributed by atoms with Crippen LogP contribution in [0.3, 0.4) is 0 Å². The van der Waals surface area contributed by atoms with Crippen LogP contribution in [-0.4, -0.2) is 27.4 Å². The van der Waals surface area contributed by atoms with Gasteiger partial charge in [0.1, 0.15) is 5.75 Å². The first-order chi connectivity index (χ1) is 10.9. The number of carboxylic acid groups (broad SMARTS) is 1. The number of aliphatic hydroxyl groups excluding tert-OH is 1. The van der Waals surface area contributed by atoms with E-state index in [2.05, 4.69) is 6.92 Å². The fourth-order valence-electron chi connectivity index (χ4n) is 5.83. The van der Waals surface area contributed by atoms with Gasteiger partial charge in [0.25, 0.3) is 0 Å². The van der Waals surface area contributed by atoms with Gasteiger partial charge in [-0.15, -0.1) is 0 Å². The Hall–Kier alpha value is -1.55. The molecule has 3 aliphatic rings. The van der Waals surface area contributed by atoms with E-state index in [-0.39, 0.29) is 11.3 Å². The summed E-state index contributed by atoms with van der Waals surface area (Å²) in [5.74, 6) is 0.0158. The maximum atomic E-state index is 11.5. The van der Waals surface area contributed by atoms with Crippen LogP contribution in [0.1, 0.15) is 49.7 Å². The lowest BCUT2D eigenvalue weighted by Crippen LogP contribution is -2.44. The molecular weight excluding hydrogens is 292 g/mol. The lowest BCUT2D eigenvalue weighted by atomic mass is 9.55. The molecular formula is C19H24O4. The molecule has 0 saturated heterocycles. The molecule has 3 N–H and O–H groups in total. The number of phenols is 1. The minimum atomic E-state index is -0.856. The number of hydrogen-bond acceptors (Lipinski definition) is 3. The third-order valence-electron chi connectivity index (χ3n) is 7.03. The SMILES string of the molecule is C[C@]12CC[C@@H]3c4ccc(O)cc4CC[C@H]3[C@@H]1CC(C(=O)O)[C@@H]2O. The van der Waals surface area contributed by atoms with Crippen molar-refractivity contribution in [1.82, 2.24) is 0 Å². The Labute approximate surface area is 136 Å². The van der Waals surface area contributed by atoms with Gasteiger partial charge in [0.15, 0.2) is 0 Å². The minimum absolute atomic E-state index is 0.265. The third kappa shape index (κ3) is 2.04. The number of benzene rings is 1. The molecule has 1 unspecified atom stereocenters. The molecule has 1 aromatic rings. The van der Waals surface area contributed by atoms with Crippen molar-refractivity contribution >= 4 is 5.97 Å². The number of hydrogen-bond donors (Lipinski definition) is 3. The number of rotatable bonds is 1. The Kier molecular flexibility index (Phi) is 3.24. The summed E-state index contributed by atoms with van der Waals surface area (Å²) in [5.41, 5.74) is 2.30. The average Bonchev–Trinajstić information content (AvgIpc) is 2.79. The van der Waals surface area contributed by atoms with Gasteiger partial charge in [-0.25, -0.2) is 0 Å². The zero-order valence-electron chi connectivity index (χ0n) is 13.4. The Bertz CT molecular complexity index is 655. The highest BCUT2D eigenvalue weighted by Crippen LogP contribution is 2.62. The number of phenolic OH excluding ortho intramolecular Hbond substituents is 1. The first-order valence-corrected chi connectivity index (χ1v) is 8.64. The van der Waals surface area contributed by atoms with Gasteiger partial charge in [0.2, 0.25) is 0 Å². The second-order valence-corrected chi connectivity index (χ2v) is 7.97. The average molecular weight is 316 g/mol. The molecule has 4 heteroatoms. The Morgan fingerprint density at radius 1 is 1.30 bits per heavy atom. The van der Waals surface area contributed by atoms with Crippen LogP contribution in [-0.2, 0) is 11.2 Å². The van der Waals surface area contributed by atoms with Crippen LogP contribution < -0.4 is 0 Å². The zero-order chi connectivity index (χ0) is 16.4. The number of aromatic hydroxyl groups is 1. The number of aryl methyl sites for hydroxylation is 1. The monoisotopic (exact) mass is 316 g/mol. The van der Waals surface area contributed by atoms with Crippen molar-refractivity contribution in [1.29, 1.82) is 0 Å². The summed E-state index contributed by atoms with van der Waals surface area (Å²) in [4.78, 5) is 11.5. The van der Waals surface area contributed by atoms with E-state index in [1.54, 1.807) is 6.07 Å². The molecule has 0 amide bonds. The van der Waals surface area contributed by atoms with Gasteiger partial charge in [0, 0.05) is 0 Å². The standard InChI is InChI=1S/C19H24O4/c1-19-7-6-13-12-5-3-11(20)8-10(12)2-4-14(13)16(19)9-15(17(19)21)18(22)23/h3,5,8,13-17,20-21H,2,4,6-7,9H2,1H3,(H,22,23)/t13-,14-,15?,16+,17+,19+/m1/s1. The highest BCUT2D eigenvalue weighted by molar-refractivity contribution is 5.71. The van der Waals surface area contributed by atoms with Crippen LogP contribution in [0.25, 0.3) is 0 Å². The predicted molar refractivity (Wildman–Crippen MR) is 85.2 cm³/mol. The number of carboxylic acids is 1. The van der Waals surface area contributed by atoms with Crippen molar-refractivity contribution in [3.05, 3.63) is 29.3 Å². The fraction of sp³-hybridized carbons (Fsp3) is 0.632. The lowest BCUT2D eigenvalue weighted by Gasteiger charge is -2.50. The molecule has 2 saturated carbocycles. The van der Waals surface area contributed by atoms with Crippen molar-refractivity contribution in [3.63, 3.8) is 0 Å². The number of aliphatic carboxylic acids is 1. The van der Waals surface area contributed by atoms with E-state index in [0.717, 1.165) is 25.7 Å². The molecule has 6 atom stereocenters. The van der Waals surface area contributed by atoms with E-state index >= 15 is 0 Å². The topological polar surface area (TPSA) is 77.8 Å². The van der Waals surface area contributed by atoms with Gasteiger partial charge in [-0.2, -0.15) is 0 Å². The molecule has 0 aromatic heterocycles. The van der Waals surface area contributed by atoms with Crippen LogP contribution in [0.2, 0.25) is 0 Å². The molecule has 23 heavy (non-hydrogen) atoms. The molecule has 0 radical (unpaired) electrons. The summed E-state index contributed by atoms with van der Waals surface area (Å²) in [6.45, 7) is 2.09. The maximum absolute atomic E-state index is 11.5. The van der Waals surface area contributed by atoms with E-state index in [9.17, 15) is 20.1 Å². The van der Waals surface area contributed by atoms with E-state index in [1.165, 1.54) is 11.1 Å². The highest BCUT2D eigenvalue weighted by atomic mass is 16.4. The van der Waals surface area contributed by atoms with E-state index < -0.39 is 18.0 Å². The van der Waals surface area contributed by atoms with Gasteiger partial charge >= 0.3 is 5.97 Å². The Balaban J connectivity index is 1.70. The fourth-order valence-corrected chi connectivity index (χ4v) is 5.83. The maximum Gasteiger partial charge on any atom is 0.309 e. The Morgan fingerprint density at radius 2 is 2.09 bits per heavy atom. The quantitative estimate of drug-likeness (QED) is 0.744. The van der Waals surface area contributed by atoms with Gasteiger partial charge in [-0.05, 0) is 78.5 Å². The van der Waals surface area contributed by atoms with Crippen LogP contribution in [0.5, 0.6) is 5.75 Å².